The molecule has 0 aromatic rings. The van der Waals surface area contributed by atoms with Crippen molar-refractivity contribution in [2.24, 2.45) is 5.92 Å². The molecule has 14 heavy (non-hydrogen) atoms. The lowest BCUT2D eigenvalue weighted by Gasteiger charge is -2.34. The second kappa shape index (κ2) is 4.63. The summed E-state index contributed by atoms with van der Waals surface area (Å²) in [6.07, 6.45) is 5.50. The van der Waals surface area contributed by atoms with Crippen LogP contribution in [0.3, 0.4) is 0 Å². The number of nitrogens with zero attached hydrogens (tertiary/aromatic N) is 1. The predicted molar refractivity (Wildman–Crippen MR) is 60.2 cm³/mol. The van der Waals surface area contributed by atoms with Crippen molar-refractivity contribution in [2.45, 2.75) is 38.6 Å². The maximum atomic E-state index is 3.44. The second-order valence-electron chi connectivity index (χ2n) is 4.91. The van der Waals surface area contributed by atoms with Crippen LogP contribution in [-0.2, 0) is 0 Å². The van der Waals surface area contributed by atoms with Gasteiger partial charge in [0.15, 0.2) is 0 Å². The van der Waals surface area contributed by atoms with Crippen molar-refractivity contribution in [3.8, 4) is 0 Å². The average Bonchev–Trinajstić information content (AvgIpc) is 2.65. The molecule has 0 spiro atoms. The smallest absolute Gasteiger partial charge is 0.0155 e. The van der Waals surface area contributed by atoms with Crippen LogP contribution in [0.4, 0.5) is 0 Å². The zero-order valence-corrected chi connectivity index (χ0v) is 9.55. The molecule has 1 radical (unpaired) electrons. The van der Waals surface area contributed by atoms with E-state index in [1.807, 2.05) is 0 Å². The summed E-state index contributed by atoms with van der Waals surface area (Å²) in [6, 6.07) is 0.790. The van der Waals surface area contributed by atoms with E-state index in [9.17, 15) is 0 Å². The molecule has 1 unspecified atom stereocenters. The Bertz CT molecular complexity index is 175. The zero-order valence-electron chi connectivity index (χ0n) is 9.55. The predicted octanol–water partition coefficient (Wildman–Crippen LogP) is 1.67. The molecule has 0 saturated carbocycles. The van der Waals surface area contributed by atoms with Crippen molar-refractivity contribution >= 4 is 0 Å². The third-order valence-corrected chi connectivity index (χ3v) is 4.03. The lowest BCUT2D eigenvalue weighted by Crippen LogP contribution is -2.38. The fourth-order valence-electron chi connectivity index (χ4n) is 3.03. The van der Waals surface area contributed by atoms with E-state index in [1.54, 1.807) is 5.92 Å². The maximum absolute atomic E-state index is 3.44. The van der Waals surface area contributed by atoms with E-state index in [0.717, 1.165) is 12.0 Å². The Hall–Kier alpha value is -0.0800. The van der Waals surface area contributed by atoms with Gasteiger partial charge in [0.2, 0.25) is 0 Å². The van der Waals surface area contributed by atoms with E-state index < -0.39 is 0 Å². The molecule has 2 heterocycles. The van der Waals surface area contributed by atoms with Gasteiger partial charge in [0.05, 0.1) is 0 Å². The first-order valence-corrected chi connectivity index (χ1v) is 6.03. The first-order valence-electron chi connectivity index (χ1n) is 6.03. The number of hydrogen-bond donors (Lipinski definition) is 1. The Morgan fingerprint density at radius 3 is 2.50 bits per heavy atom. The molecule has 0 amide bonds. The van der Waals surface area contributed by atoms with Crippen LogP contribution in [0.25, 0.3) is 0 Å². The summed E-state index contributed by atoms with van der Waals surface area (Å²) in [7, 11) is 2.28. The Balaban J connectivity index is 1.89. The Morgan fingerprint density at radius 2 is 1.93 bits per heavy atom. The summed E-state index contributed by atoms with van der Waals surface area (Å²) in [5, 5.41) is 3.44. The molecule has 2 nitrogen and oxygen atoms in total. The fourth-order valence-corrected chi connectivity index (χ4v) is 3.03. The van der Waals surface area contributed by atoms with Crippen LogP contribution >= 0.6 is 0 Å². The van der Waals surface area contributed by atoms with Crippen LogP contribution in [0.5, 0.6) is 0 Å². The van der Waals surface area contributed by atoms with Gasteiger partial charge in [-0.2, -0.15) is 0 Å². The third-order valence-electron chi connectivity index (χ3n) is 4.03. The molecule has 2 aliphatic heterocycles. The van der Waals surface area contributed by atoms with E-state index in [-0.39, 0.29) is 0 Å². The fraction of sp³-hybridized carbons (Fsp3) is 0.917. The standard InChI is InChI=1S/C12H23N2/c1-10(11-5-7-13-8-6-11)12-4-3-9-14(12)2/h11-13H,3-9H2,1-2H3. The molecule has 2 saturated heterocycles. The molecule has 1 atom stereocenters. The number of hydrogen-bond acceptors (Lipinski definition) is 2. The van der Waals surface area contributed by atoms with Gasteiger partial charge in [0, 0.05) is 6.04 Å². The van der Waals surface area contributed by atoms with Crippen LogP contribution in [0, 0.1) is 11.8 Å². The SMILES string of the molecule is C[C](C1CCNCC1)C1CCCN1C. The largest absolute Gasteiger partial charge is 0.317 e. The van der Waals surface area contributed by atoms with Crippen LogP contribution in [0.15, 0.2) is 0 Å². The highest BCUT2D eigenvalue weighted by molar-refractivity contribution is 5.05. The highest BCUT2D eigenvalue weighted by Gasteiger charge is 2.32. The molecule has 0 bridgehead atoms. The minimum Gasteiger partial charge on any atom is -0.317 e. The lowest BCUT2D eigenvalue weighted by molar-refractivity contribution is 0.265. The quantitative estimate of drug-likeness (QED) is 0.721. The summed E-state index contributed by atoms with van der Waals surface area (Å²) in [5.41, 5.74) is 0. The Kier molecular flexibility index (Phi) is 3.45. The highest BCUT2D eigenvalue weighted by atomic mass is 15.1. The van der Waals surface area contributed by atoms with Gasteiger partial charge < -0.3 is 10.2 Å². The zero-order chi connectivity index (χ0) is 9.97. The molecule has 0 aromatic heterocycles. The Morgan fingerprint density at radius 1 is 1.21 bits per heavy atom. The van der Waals surface area contributed by atoms with Crippen molar-refractivity contribution in [1.29, 1.82) is 0 Å². The normalized spacial score (nSPS) is 31.5. The minimum atomic E-state index is 0.790. The maximum Gasteiger partial charge on any atom is 0.0155 e. The van der Waals surface area contributed by atoms with Crippen molar-refractivity contribution in [3.63, 3.8) is 0 Å². The number of piperidine rings is 1. The van der Waals surface area contributed by atoms with Crippen LogP contribution in [0.2, 0.25) is 0 Å². The number of rotatable bonds is 2. The lowest BCUT2D eigenvalue weighted by atomic mass is 9.81. The molecule has 2 fully saturated rings. The Labute approximate surface area is 88.1 Å². The van der Waals surface area contributed by atoms with E-state index in [2.05, 4.69) is 24.2 Å². The van der Waals surface area contributed by atoms with Crippen LogP contribution in [-0.4, -0.2) is 37.6 Å². The number of likely N-dealkylation sites (tertiary alicyclic amines) is 1. The summed E-state index contributed by atoms with van der Waals surface area (Å²) >= 11 is 0. The van der Waals surface area contributed by atoms with Gasteiger partial charge in [0.25, 0.3) is 0 Å². The van der Waals surface area contributed by atoms with Gasteiger partial charge >= 0.3 is 0 Å². The minimum absolute atomic E-state index is 0.790. The van der Waals surface area contributed by atoms with Crippen molar-refractivity contribution in [2.75, 3.05) is 26.7 Å². The van der Waals surface area contributed by atoms with Crippen molar-refractivity contribution in [1.82, 2.24) is 10.2 Å². The first kappa shape index (κ1) is 10.4. The van der Waals surface area contributed by atoms with Gasteiger partial charge in [-0.1, -0.05) is 6.92 Å². The van der Waals surface area contributed by atoms with Crippen LogP contribution in [0.1, 0.15) is 32.6 Å². The average molecular weight is 195 g/mol. The monoisotopic (exact) mass is 195 g/mol. The van der Waals surface area contributed by atoms with Gasteiger partial charge in [-0.3, -0.25) is 0 Å². The van der Waals surface area contributed by atoms with Gasteiger partial charge in [-0.15, -0.1) is 0 Å². The highest BCUT2D eigenvalue weighted by Crippen LogP contribution is 2.33. The van der Waals surface area contributed by atoms with E-state index in [4.69, 9.17) is 0 Å². The van der Waals surface area contributed by atoms with Gasteiger partial charge in [-0.25, -0.2) is 0 Å². The summed E-state index contributed by atoms with van der Waals surface area (Å²) in [5.74, 6) is 2.65. The first-order chi connectivity index (χ1) is 6.79. The van der Waals surface area contributed by atoms with E-state index >= 15 is 0 Å². The van der Waals surface area contributed by atoms with E-state index in [0.29, 0.717) is 0 Å². The van der Waals surface area contributed by atoms with Crippen molar-refractivity contribution in [3.05, 3.63) is 5.92 Å². The molecular weight excluding hydrogens is 172 g/mol. The third kappa shape index (κ3) is 2.12. The molecule has 1 N–H and O–H groups in total. The molecule has 2 heteroatoms. The molecule has 81 valence electrons. The topological polar surface area (TPSA) is 15.3 Å². The van der Waals surface area contributed by atoms with Crippen molar-refractivity contribution < 1.29 is 0 Å². The summed E-state index contributed by atoms with van der Waals surface area (Å²) in [6.45, 7) is 6.13. The summed E-state index contributed by atoms with van der Waals surface area (Å²) < 4.78 is 0. The van der Waals surface area contributed by atoms with E-state index in [1.165, 1.54) is 45.3 Å². The molecule has 2 aliphatic rings. The molecule has 0 aromatic carbocycles. The van der Waals surface area contributed by atoms with Gasteiger partial charge in [-0.05, 0) is 64.2 Å². The van der Waals surface area contributed by atoms with Crippen LogP contribution < -0.4 is 5.32 Å². The second-order valence-corrected chi connectivity index (χ2v) is 4.91. The molecule has 0 aliphatic carbocycles. The molecule has 2 rings (SSSR count). The van der Waals surface area contributed by atoms with Gasteiger partial charge in [0.1, 0.15) is 0 Å². The number of nitrogens with one attached hydrogen (secondary N) is 1. The summed E-state index contributed by atoms with van der Waals surface area (Å²) in [4.78, 5) is 2.54. The molecular formula is C12H23N2.